The fraction of sp³-hybridized carbons (Fsp3) is 0.538. The van der Waals surface area contributed by atoms with E-state index in [1.807, 2.05) is 13.8 Å². The maximum Gasteiger partial charge on any atom is 0.305 e. The van der Waals surface area contributed by atoms with Gasteiger partial charge in [0.15, 0.2) is 5.82 Å². The molecule has 0 aliphatic carbocycles. The van der Waals surface area contributed by atoms with Gasteiger partial charge in [-0.15, -0.1) is 5.10 Å². The van der Waals surface area contributed by atoms with E-state index in [9.17, 15) is 4.79 Å². The highest BCUT2D eigenvalue weighted by Crippen LogP contribution is 2.16. The quantitative estimate of drug-likeness (QED) is 0.620. The van der Waals surface area contributed by atoms with Crippen molar-refractivity contribution < 1.29 is 9.53 Å². The van der Waals surface area contributed by atoms with Crippen molar-refractivity contribution in [1.29, 1.82) is 5.26 Å². The van der Waals surface area contributed by atoms with E-state index in [1.165, 1.54) is 0 Å². The molecular formula is C13H18N4O2. The van der Waals surface area contributed by atoms with Crippen molar-refractivity contribution >= 4 is 11.8 Å². The highest BCUT2D eigenvalue weighted by molar-refractivity contribution is 5.69. The number of nitriles is 1. The number of rotatable bonds is 6. The molecule has 1 N–H and O–H groups in total. The molecule has 0 radical (unpaired) electrons. The summed E-state index contributed by atoms with van der Waals surface area (Å²) in [7, 11) is 0. The van der Waals surface area contributed by atoms with Gasteiger partial charge in [-0.1, -0.05) is 0 Å². The molecule has 6 heteroatoms. The lowest BCUT2D eigenvalue weighted by Gasteiger charge is -2.09. The Morgan fingerprint density at radius 1 is 1.42 bits per heavy atom. The molecule has 1 aromatic heterocycles. The summed E-state index contributed by atoms with van der Waals surface area (Å²) in [6.07, 6.45) is 0.972. The van der Waals surface area contributed by atoms with Crippen LogP contribution in [0.2, 0.25) is 0 Å². The van der Waals surface area contributed by atoms with Gasteiger partial charge in [0, 0.05) is 13.0 Å². The number of ether oxygens (including phenoxy) is 1. The molecule has 6 nitrogen and oxygen atoms in total. The molecular weight excluding hydrogens is 244 g/mol. The van der Waals surface area contributed by atoms with E-state index in [0.717, 1.165) is 11.3 Å². The molecule has 0 saturated carbocycles. The number of nitrogens with zero attached hydrogens (tertiary/aromatic N) is 3. The molecule has 0 bridgehead atoms. The highest BCUT2D eigenvalue weighted by Gasteiger charge is 2.10. The van der Waals surface area contributed by atoms with E-state index in [1.54, 1.807) is 6.92 Å². The van der Waals surface area contributed by atoms with Crippen LogP contribution < -0.4 is 5.32 Å². The molecule has 0 amide bonds. The molecule has 0 aliphatic heterocycles. The molecule has 19 heavy (non-hydrogen) atoms. The summed E-state index contributed by atoms with van der Waals surface area (Å²) < 4.78 is 4.83. The lowest BCUT2D eigenvalue weighted by atomic mass is 10.1. The van der Waals surface area contributed by atoms with Crippen LogP contribution in [-0.4, -0.2) is 29.3 Å². The Kier molecular flexibility index (Phi) is 5.73. The summed E-state index contributed by atoms with van der Waals surface area (Å²) in [6.45, 7) is 6.37. The fourth-order valence-electron chi connectivity index (χ4n) is 1.54. The van der Waals surface area contributed by atoms with E-state index in [-0.39, 0.29) is 5.97 Å². The van der Waals surface area contributed by atoms with Crippen molar-refractivity contribution in [2.75, 3.05) is 18.5 Å². The maximum atomic E-state index is 11.1. The van der Waals surface area contributed by atoms with Crippen LogP contribution in [0.15, 0.2) is 0 Å². The van der Waals surface area contributed by atoms with Crippen molar-refractivity contribution in [3.05, 3.63) is 16.8 Å². The lowest BCUT2D eigenvalue weighted by Crippen LogP contribution is -2.11. The molecule has 0 atom stereocenters. The summed E-state index contributed by atoms with van der Waals surface area (Å²) in [6, 6.07) is 2.12. The minimum Gasteiger partial charge on any atom is -0.466 e. The van der Waals surface area contributed by atoms with Crippen molar-refractivity contribution in [2.45, 2.75) is 33.6 Å². The summed E-state index contributed by atoms with van der Waals surface area (Å²) >= 11 is 0. The predicted octanol–water partition coefficient (Wildman–Crippen LogP) is 1.72. The van der Waals surface area contributed by atoms with Crippen molar-refractivity contribution in [2.24, 2.45) is 0 Å². The van der Waals surface area contributed by atoms with Crippen LogP contribution in [0, 0.1) is 25.2 Å². The lowest BCUT2D eigenvalue weighted by molar-refractivity contribution is -0.143. The van der Waals surface area contributed by atoms with Crippen molar-refractivity contribution in [3.63, 3.8) is 0 Å². The molecule has 1 heterocycles. The SMILES string of the molecule is CCOC(=O)CCCNc1nnc(C)c(C)c1C#N. The first-order valence-corrected chi connectivity index (χ1v) is 6.23. The van der Waals surface area contributed by atoms with Crippen LogP contribution in [0.5, 0.6) is 0 Å². The van der Waals surface area contributed by atoms with Crippen LogP contribution >= 0.6 is 0 Å². The minimum absolute atomic E-state index is 0.212. The minimum atomic E-state index is -0.212. The van der Waals surface area contributed by atoms with Crippen LogP contribution in [0.25, 0.3) is 0 Å². The van der Waals surface area contributed by atoms with Gasteiger partial charge in [-0.2, -0.15) is 10.4 Å². The molecule has 1 rings (SSSR count). The Bertz CT molecular complexity index is 494. The normalized spacial score (nSPS) is 9.79. The van der Waals surface area contributed by atoms with Gasteiger partial charge >= 0.3 is 5.97 Å². The van der Waals surface area contributed by atoms with Gasteiger partial charge in [-0.3, -0.25) is 4.79 Å². The number of carbonyl (C=O) groups excluding carboxylic acids is 1. The van der Waals surface area contributed by atoms with E-state index >= 15 is 0 Å². The van der Waals surface area contributed by atoms with E-state index in [2.05, 4.69) is 21.6 Å². The Hall–Kier alpha value is -2.16. The summed E-state index contributed by atoms with van der Waals surface area (Å²) in [5, 5.41) is 20.1. The number of esters is 1. The number of carbonyl (C=O) groups is 1. The molecule has 0 unspecified atom stereocenters. The smallest absolute Gasteiger partial charge is 0.305 e. The number of hydrogen-bond acceptors (Lipinski definition) is 6. The second-order valence-electron chi connectivity index (χ2n) is 4.08. The molecule has 0 fully saturated rings. The van der Waals surface area contributed by atoms with Gasteiger partial charge in [0.1, 0.15) is 11.6 Å². The number of aromatic nitrogens is 2. The summed E-state index contributed by atoms with van der Waals surface area (Å²) in [5.41, 5.74) is 2.07. The number of hydrogen-bond donors (Lipinski definition) is 1. The van der Waals surface area contributed by atoms with Gasteiger partial charge in [-0.25, -0.2) is 0 Å². The van der Waals surface area contributed by atoms with Crippen molar-refractivity contribution in [1.82, 2.24) is 10.2 Å². The Labute approximate surface area is 112 Å². The van der Waals surface area contributed by atoms with E-state index in [4.69, 9.17) is 10.00 Å². The maximum absolute atomic E-state index is 11.1. The van der Waals surface area contributed by atoms with Crippen LogP contribution in [0.4, 0.5) is 5.82 Å². The standard InChI is InChI=1S/C13H18N4O2/c1-4-19-12(18)6-5-7-15-13-11(8-14)9(2)10(3)16-17-13/h4-7H2,1-3H3,(H,15,17). The third-order valence-electron chi connectivity index (χ3n) is 2.72. The molecule has 0 spiro atoms. The highest BCUT2D eigenvalue weighted by atomic mass is 16.5. The second-order valence-corrected chi connectivity index (χ2v) is 4.08. The zero-order valence-electron chi connectivity index (χ0n) is 11.5. The Morgan fingerprint density at radius 2 is 2.16 bits per heavy atom. The third kappa shape index (κ3) is 4.21. The molecule has 0 aliphatic rings. The fourth-order valence-corrected chi connectivity index (χ4v) is 1.54. The number of nitrogens with one attached hydrogen (secondary N) is 1. The summed E-state index contributed by atoms with van der Waals surface area (Å²) in [5.74, 6) is 0.255. The zero-order valence-corrected chi connectivity index (χ0v) is 11.5. The topological polar surface area (TPSA) is 87.9 Å². The van der Waals surface area contributed by atoms with Crippen LogP contribution in [0.3, 0.4) is 0 Å². The predicted molar refractivity (Wildman–Crippen MR) is 70.6 cm³/mol. The first-order valence-electron chi connectivity index (χ1n) is 6.23. The van der Waals surface area contributed by atoms with Crippen molar-refractivity contribution in [3.8, 4) is 6.07 Å². The summed E-state index contributed by atoms with van der Waals surface area (Å²) in [4.78, 5) is 11.1. The van der Waals surface area contributed by atoms with Gasteiger partial charge < -0.3 is 10.1 Å². The van der Waals surface area contributed by atoms with Gasteiger partial charge in [-0.05, 0) is 32.8 Å². The van der Waals surface area contributed by atoms with Gasteiger partial charge in [0.25, 0.3) is 0 Å². The zero-order chi connectivity index (χ0) is 14.3. The van der Waals surface area contributed by atoms with Gasteiger partial charge in [0.2, 0.25) is 0 Å². The Balaban J connectivity index is 2.53. The molecule has 0 saturated heterocycles. The Morgan fingerprint density at radius 3 is 2.79 bits per heavy atom. The number of aryl methyl sites for hydroxylation is 1. The first-order chi connectivity index (χ1) is 9.10. The average molecular weight is 262 g/mol. The van der Waals surface area contributed by atoms with E-state index < -0.39 is 0 Å². The van der Waals surface area contributed by atoms with Crippen LogP contribution in [0.1, 0.15) is 36.6 Å². The van der Waals surface area contributed by atoms with Gasteiger partial charge in [0.05, 0.1) is 12.3 Å². The average Bonchev–Trinajstić information content (AvgIpc) is 2.39. The molecule has 0 aromatic carbocycles. The largest absolute Gasteiger partial charge is 0.466 e. The number of anilines is 1. The molecule has 102 valence electrons. The van der Waals surface area contributed by atoms with Crippen LogP contribution in [-0.2, 0) is 9.53 Å². The second kappa shape index (κ2) is 7.31. The monoisotopic (exact) mass is 262 g/mol. The van der Waals surface area contributed by atoms with E-state index in [0.29, 0.717) is 37.4 Å². The molecule has 1 aromatic rings. The first kappa shape index (κ1) is 14.9. The third-order valence-corrected chi connectivity index (χ3v) is 2.72.